The molecule has 0 heterocycles. The lowest BCUT2D eigenvalue weighted by atomic mass is 10.0. The van der Waals surface area contributed by atoms with Gasteiger partial charge in [-0.3, -0.25) is 0 Å². The van der Waals surface area contributed by atoms with Crippen molar-refractivity contribution in [3.63, 3.8) is 0 Å². The largest absolute Gasteiger partial charge is 0.240 e. The Morgan fingerprint density at radius 3 is 2.29 bits per heavy atom. The summed E-state index contributed by atoms with van der Waals surface area (Å²) in [5.74, 6) is 0. The molecule has 0 aromatic heterocycles. The molecule has 4 heteroatoms. The van der Waals surface area contributed by atoms with Crippen LogP contribution < -0.4 is 0 Å². The lowest BCUT2D eigenvalue weighted by Gasteiger charge is -2.06. The van der Waals surface area contributed by atoms with Crippen molar-refractivity contribution in [2.45, 2.75) is 6.92 Å². The quantitative estimate of drug-likeness (QED) is 0.581. The second-order valence-corrected chi connectivity index (χ2v) is 3.51. The van der Waals surface area contributed by atoms with Gasteiger partial charge in [-0.1, -0.05) is 24.3 Å². The maximum absolute atomic E-state index is 10.4. The fourth-order valence-electron chi connectivity index (χ4n) is 1.81. The van der Waals surface area contributed by atoms with Gasteiger partial charge in [0, 0.05) is 10.8 Å². The first kappa shape index (κ1) is 11.0. The van der Waals surface area contributed by atoms with Crippen LogP contribution >= 0.6 is 0 Å². The van der Waals surface area contributed by atoms with Crippen LogP contribution in [-0.2, 0) is 9.59 Å². The van der Waals surface area contributed by atoms with Crippen LogP contribution in [0.25, 0.3) is 10.8 Å². The Balaban J connectivity index is 2.95. The predicted octanol–water partition coefficient (Wildman–Crippen LogP) is 3.08. The molecule has 0 aliphatic heterocycles. The Morgan fingerprint density at radius 1 is 1.00 bits per heavy atom. The van der Waals surface area contributed by atoms with Gasteiger partial charge in [0.1, 0.15) is 0 Å². The van der Waals surface area contributed by atoms with Crippen molar-refractivity contribution in [2.75, 3.05) is 0 Å². The van der Waals surface area contributed by atoms with E-state index in [9.17, 15) is 9.59 Å². The molecule has 0 aliphatic carbocycles. The Bertz CT molecular complexity index is 679. The molecule has 0 radical (unpaired) electrons. The molecule has 0 bridgehead atoms. The highest BCUT2D eigenvalue weighted by molar-refractivity contribution is 6.02. The number of isocyanates is 2. The molecule has 0 fully saturated rings. The smallest absolute Gasteiger partial charge is 0.211 e. The van der Waals surface area contributed by atoms with Gasteiger partial charge >= 0.3 is 0 Å². The van der Waals surface area contributed by atoms with E-state index in [-0.39, 0.29) is 0 Å². The van der Waals surface area contributed by atoms with Crippen molar-refractivity contribution >= 4 is 34.3 Å². The molecule has 2 rings (SSSR count). The zero-order valence-electron chi connectivity index (χ0n) is 9.10. The van der Waals surface area contributed by atoms with Crippen molar-refractivity contribution in [3.8, 4) is 0 Å². The fourth-order valence-corrected chi connectivity index (χ4v) is 1.81. The van der Waals surface area contributed by atoms with E-state index < -0.39 is 0 Å². The van der Waals surface area contributed by atoms with E-state index in [0.29, 0.717) is 11.4 Å². The van der Waals surface area contributed by atoms with Crippen LogP contribution in [-0.4, -0.2) is 12.2 Å². The molecule has 2 aromatic rings. The Kier molecular flexibility index (Phi) is 2.93. The lowest BCUT2D eigenvalue weighted by molar-refractivity contribution is 0.564. The van der Waals surface area contributed by atoms with Crippen molar-refractivity contribution < 1.29 is 9.59 Å². The van der Waals surface area contributed by atoms with E-state index >= 15 is 0 Å². The summed E-state index contributed by atoms with van der Waals surface area (Å²) in [4.78, 5) is 28.1. The molecule has 0 spiro atoms. The Labute approximate surface area is 97.3 Å². The molecule has 4 nitrogen and oxygen atoms in total. The van der Waals surface area contributed by atoms with Crippen LogP contribution in [0.15, 0.2) is 40.3 Å². The number of nitrogens with zero attached hydrogens (tertiary/aromatic N) is 2. The van der Waals surface area contributed by atoms with Crippen LogP contribution in [0, 0.1) is 6.92 Å². The van der Waals surface area contributed by atoms with Gasteiger partial charge in [-0.05, 0) is 18.6 Å². The summed E-state index contributed by atoms with van der Waals surface area (Å²) in [6, 6.07) is 9.00. The minimum Gasteiger partial charge on any atom is -0.211 e. The number of aliphatic imine (C=N–C) groups is 2. The van der Waals surface area contributed by atoms with E-state index in [0.717, 1.165) is 16.3 Å². The van der Waals surface area contributed by atoms with E-state index in [1.807, 2.05) is 24.3 Å². The van der Waals surface area contributed by atoms with Gasteiger partial charge in [-0.2, -0.15) is 9.98 Å². The fraction of sp³-hybridized carbons (Fsp3) is 0.0769. The summed E-state index contributed by atoms with van der Waals surface area (Å²) in [5, 5.41) is 1.53. The molecule has 17 heavy (non-hydrogen) atoms. The van der Waals surface area contributed by atoms with Gasteiger partial charge in [0.05, 0.1) is 11.4 Å². The summed E-state index contributed by atoms with van der Waals surface area (Å²) in [5.41, 5.74) is 1.85. The summed E-state index contributed by atoms with van der Waals surface area (Å²) >= 11 is 0. The van der Waals surface area contributed by atoms with Gasteiger partial charge in [0.15, 0.2) is 0 Å². The minimum absolute atomic E-state index is 0.526. The number of rotatable bonds is 2. The monoisotopic (exact) mass is 224 g/mol. The number of fused-ring (bicyclic) bond motifs is 1. The maximum atomic E-state index is 10.4. The maximum Gasteiger partial charge on any atom is 0.240 e. The third-order valence-electron chi connectivity index (χ3n) is 2.51. The average Bonchev–Trinajstić information content (AvgIpc) is 2.34. The third-order valence-corrected chi connectivity index (χ3v) is 2.51. The highest BCUT2D eigenvalue weighted by atomic mass is 16.1. The van der Waals surface area contributed by atoms with Crippen LogP contribution in [0.4, 0.5) is 11.4 Å². The first-order chi connectivity index (χ1) is 8.27. The van der Waals surface area contributed by atoms with Crippen molar-refractivity contribution in [1.82, 2.24) is 0 Å². The Hall–Kier alpha value is -2.54. The van der Waals surface area contributed by atoms with Gasteiger partial charge in [0.2, 0.25) is 12.2 Å². The van der Waals surface area contributed by atoms with E-state index in [4.69, 9.17) is 0 Å². The van der Waals surface area contributed by atoms with E-state index in [1.165, 1.54) is 12.2 Å². The molecule has 2 aromatic carbocycles. The molecular formula is C13H8N2O2. The standard InChI is InChI=1S/C13H8N2O2/c1-9-6-12(14-7-16)10-4-2-3-5-11(10)13(9)15-8-17/h2-6H,1H3. The van der Waals surface area contributed by atoms with Crippen molar-refractivity contribution in [1.29, 1.82) is 0 Å². The zero-order chi connectivity index (χ0) is 12.3. The van der Waals surface area contributed by atoms with Gasteiger partial charge < -0.3 is 0 Å². The molecule has 0 N–H and O–H groups in total. The second-order valence-electron chi connectivity index (χ2n) is 3.51. The topological polar surface area (TPSA) is 58.9 Å². The van der Waals surface area contributed by atoms with Gasteiger partial charge in [-0.15, -0.1) is 0 Å². The summed E-state index contributed by atoms with van der Waals surface area (Å²) < 4.78 is 0. The molecule has 82 valence electrons. The average molecular weight is 224 g/mol. The minimum atomic E-state index is 0.526. The van der Waals surface area contributed by atoms with Crippen LogP contribution in [0.1, 0.15) is 5.56 Å². The normalized spacial score (nSPS) is 9.47. The molecule has 0 saturated carbocycles. The molecule has 0 unspecified atom stereocenters. The number of aryl methyl sites for hydroxylation is 1. The van der Waals surface area contributed by atoms with Gasteiger partial charge in [-0.25, -0.2) is 9.59 Å². The molecular weight excluding hydrogens is 216 g/mol. The van der Waals surface area contributed by atoms with Crippen LogP contribution in [0.3, 0.4) is 0 Å². The van der Waals surface area contributed by atoms with Gasteiger partial charge in [0.25, 0.3) is 0 Å². The summed E-state index contributed by atoms with van der Waals surface area (Å²) in [6.07, 6.45) is 3.06. The lowest BCUT2D eigenvalue weighted by Crippen LogP contribution is -1.80. The molecule has 0 saturated heterocycles. The zero-order valence-corrected chi connectivity index (χ0v) is 9.10. The highest BCUT2D eigenvalue weighted by Crippen LogP contribution is 2.36. The summed E-state index contributed by atoms with van der Waals surface area (Å²) in [7, 11) is 0. The predicted molar refractivity (Wildman–Crippen MR) is 64.2 cm³/mol. The molecule has 0 aliphatic rings. The number of hydrogen-bond acceptors (Lipinski definition) is 4. The number of carbonyl (C=O) groups excluding carboxylic acids is 2. The van der Waals surface area contributed by atoms with Crippen LogP contribution in [0.2, 0.25) is 0 Å². The van der Waals surface area contributed by atoms with Crippen molar-refractivity contribution in [2.24, 2.45) is 9.98 Å². The summed E-state index contributed by atoms with van der Waals surface area (Å²) in [6.45, 7) is 1.80. The Morgan fingerprint density at radius 2 is 1.65 bits per heavy atom. The third kappa shape index (κ3) is 1.91. The second kappa shape index (κ2) is 4.54. The van der Waals surface area contributed by atoms with Crippen molar-refractivity contribution in [3.05, 3.63) is 35.9 Å². The first-order valence-electron chi connectivity index (χ1n) is 4.96. The molecule has 0 atom stereocenters. The van der Waals surface area contributed by atoms with Crippen LogP contribution in [0.5, 0.6) is 0 Å². The molecule has 0 amide bonds. The highest BCUT2D eigenvalue weighted by Gasteiger charge is 2.08. The van der Waals surface area contributed by atoms with E-state index in [2.05, 4.69) is 9.98 Å². The number of hydrogen-bond donors (Lipinski definition) is 0. The first-order valence-corrected chi connectivity index (χ1v) is 4.96. The SMILES string of the molecule is Cc1cc(N=C=O)c2ccccc2c1N=C=O. The number of benzene rings is 2. The van der Waals surface area contributed by atoms with E-state index in [1.54, 1.807) is 13.0 Å².